The largest absolute Gasteiger partial charge is 0.371 e. The number of halogens is 1. The summed E-state index contributed by atoms with van der Waals surface area (Å²) in [7, 11) is 0. The lowest BCUT2D eigenvalue weighted by atomic mass is 10.0. The quantitative estimate of drug-likeness (QED) is 0.940. The van der Waals surface area contributed by atoms with Gasteiger partial charge >= 0.3 is 0 Å². The molecular formula is C19H21FN2O. The molecule has 23 heavy (non-hydrogen) atoms. The molecule has 2 aromatic rings. The first-order valence-electron chi connectivity index (χ1n) is 8.04. The summed E-state index contributed by atoms with van der Waals surface area (Å²) in [6.45, 7) is 1.90. The predicted molar refractivity (Wildman–Crippen MR) is 89.9 cm³/mol. The zero-order chi connectivity index (χ0) is 16.1. The minimum Gasteiger partial charge on any atom is -0.371 e. The summed E-state index contributed by atoms with van der Waals surface area (Å²) in [5.41, 5.74) is 2.08. The van der Waals surface area contributed by atoms with Crippen molar-refractivity contribution in [3.63, 3.8) is 0 Å². The third kappa shape index (κ3) is 4.31. The Bertz CT molecular complexity index is 634. The second kappa shape index (κ2) is 7.27. The molecule has 1 aliphatic rings. The lowest BCUT2D eigenvalue weighted by molar-refractivity contribution is -0.121. The van der Waals surface area contributed by atoms with Gasteiger partial charge in [-0.15, -0.1) is 0 Å². The molecule has 0 unspecified atom stereocenters. The molecule has 1 aliphatic heterocycles. The van der Waals surface area contributed by atoms with E-state index in [9.17, 15) is 9.18 Å². The Labute approximate surface area is 136 Å². The number of nitrogens with zero attached hydrogens (tertiary/aromatic N) is 1. The Morgan fingerprint density at radius 1 is 1.04 bits per heavy atom. The third-order valence-electron chi connectivity index (χ3n) is 4.26. The molecule has 1 N–H and O–H groups in total. The SMILES string of the molecule is O=C(Cc1ccc(F)cc1)NC1CCN(c2ccccc2)CC1. The summed E-state index contributed by atoms with van der Waals surface area (Å²) in [5.74, 6) is -0.266. The van der Waals surface area contributed by atoms with E-state index in [1.807, 2.05) is 18.2 Å². The summed E-state index contributed by atoms with van der Waals surface area (Å²) >= 11 is 0. The third-order valence-corrected chi connectivity index (χ3v) is 4.26. The Kier molecular flexibility index (Phi) is 4.91. The van der Waals surface area contributed by atoms with Gasteiger partial charge in [0.1, 0.15) is 5.82 Å². The van der Waals surface area contributed by atoms with E-state index in [1.165, 1.54) is 17.8 Å². The van der Waals surface area contributed by atoms with Crippen LogP contribution in [0.4, 0.5) is 10.1 Å². The molecule has 0 atom stereocenters. The van der Waals surface area contributed by atoms with Gasteiger partial charge in [0.2, 0.25) is 5.91 Å². The van der Waals surface area contributed by atoms with Crippen LogP contribution in [0.25, 0.3) is 0 Å². The highest BCUT2D eigenvalue weighted by atomic mass is 19.1. The van der Waals surface area contributed by atoms with Gasteiger partial charge in [0.05, 0.1) is 6.42 Å². The van der Waals surface area contributed by atoms with E-state index in [1.54, 1.807) is 12.1 Å². The normalized spacial score (nSPS) is 15.4. The van der Waals surface area contributed by atoms with Crippen LogP contribution in [0, 0.1) is 5.82 Å². The van der Waals surface area contributed by atoms with Crippen LogP contribution in [0.15, 0.2) is 54.6 Å². The van der Waals surface area contributed by atoms with Gasteiger partial charge in [0.25, 0.3) is 0 Å². The first kappa shape index (κ1) is 15.5. The van der Waals surface area contributed by atoms with Gasteiger partial charge in [0, 0.05) is 24.8 Å². The minimum absolute atomic E-state index is 0.00905. The second-order valence-electron chi connectivity index (χ2n) is 5.97. The maximum Gasteiger partial charge on any atom is 0.224 e. The fraction of sp³-hybridized carbons (Fsp3) is 0.316. The van der Waals surface area contributed by atoms with Gasteiger partial charge in [-0.25, -0.2) is 4.39 Å². The maximum atomic E-state index is 12.9. The first-order valence-corrected chi connectivity index (χ1v) is 8.04. The van der Waals surface area contributed by atoms with E-state index in [0.29, 0.717) is 6.42 Å². The second-order valence-corrected chi connectivity index (χ2v) is 5.97. The van der Waals surface area contributed by atoms with Crippen LogP contribution >= 0.6 is 0 Å². The van der Waals surface area contributed by atoms with Crippen LogP contribution in [-0.2, 0) is 11.2 Å². The Morgan fingerprint density at radius 2 is 1.70 bits per heavy atom. The first-order chi connectivity index (χ1) is 11.2. The van der Waals surface area contributed by atoms with Gasteiger partial charge in [-0.3, -0.25) is 4.79 Å². The minimum atomic E-state index is -0.276. The fourth-order valence-electron chi connectivity index (χ4n) is 2.99. The zero-order valence-electron chi connectivity index (χ0n) is 13.0. The topological polar surface area (TPSA) is 32.3 Å². The Balaban J connectivity index is 1.47. The zero-order valence-corrected chi connectivity index (χ0v) is 13.0. The average Bonchev–Trinajstić information content (AvgIpc) is 2.58. The van der Waals surface area contributed by atoms with Gasteiger partial charge < -0.3 is 10.2 Å². The highest BCUT2D eigenvalue weighted by Gasteiger charge is 2.20. The molecular weight excluding hydrogens is 291 g/mol. The van der Waals surface area contributed by atoms with Crippen molar-refractivity contribution in [2.24, 2.45) is 0 Å². The number of piperidine rings is 1. The summed E-state index contributed by atoms with van der Waals surface area (Å²) < 4.78 is 12.9. The van der Waals surface area contributed by atoms with E-state index < -0.39 is 0 Å². The van der Waals surface area contributed by atoms with Crippen molar-refractivity contribution in [1.29, 1.82) is 0 Å². The number of para-hydroxylation sites is 1. The van der Waals surface area contributed by atoms with Crippen LogP contribution in [-0.4, -0.2) is 25.0 Å². The molecule has 3 rings (SSSR count). The van der Waals surface area contributed by atoms with Crippen LogP contribution in [0.1, 0.15) is 18.4 Å². The van der Waals surface area contributed by atoms with Gasteiger partial charge in [-0.1, -0.05) is 30.3 Å². The molecule has 3 nitrogen and oxygen atoms in total. The van der Waals surface area contributed by atoms with Crippen LogP contribution in [0.5, 0.6) is 0 Å². The summed E-state index contributed by atoms with van der Waals surface area (Å²) in [6.07, 6.45) is 2.20. The van der Waals surface area contributed by atoms with Crippen LogP contribution in [0.2, 0.25) is 0 Å². The fourth-order valence-corrected chi connectivity index (χ4v) is 2.99. The Hall–Kier alpha value is -2.36. The van der Waals surface area contributed by atoms with Crippen molar-refractivity contribution in [2.45, 2.75) is 25.3 Å². The van der Waals surface area contributed by atoms with Gasteiger partial charge in [-0.2, -0.15) is 0 Å². The monoisotopic (exact) mass is 312 g/mol. The molecule has 1 fully saturated rings. The van der Waals surface area contributed by atoms with E-state index in [-0.39, 0.29) is 17.8 Å². The van der Waals surface area contributed by atoms with E-state index >= 15 is 0 Å². The molecule has 4 heteroatoms. The smallest absolute Gasteiger partial charge is 0.224 e. The number of carbonyl (C=O) groups excluding carboxylic acids is 1. The van der Waals surface area contributed by atoms with Crippen molar-refractivity contribution in [3.05, 3.63) is 66.0 Å². The summed E-state index contributed by atoms with van der Waals surface area (Å²) in [6, 6.07) is 16.7. The molecule has 0 spiro atoms. The van der Waals surface area contributed by atoms with Crippen molar-refractivity contribution in [3.8, 4) is 0 Å². The van der Waals surface area contributed by atoms with E-state index in [4.69, 9.17) is 0 Å². The van der Waals surface area contributed by atoms with Crippen molar-refractivity contribution in [1.82, 2.24) is 5.32 Å². The predicted octanol–water partition coefficient (Wildman–Crippen LogP) is 3.15. The maximum absolute atomic E-state index is 12.9. The molecule has 2 aromatic carbocycles. The van der Waals surface area contributed by atoms with Crippen molar-refractivity contribution < 1.29 is 9.18 Å². The lowest BCUT2D eigenvalue weighted by Crippen LogP contribution is -2.45. The summed E-state index contributed by atoms with van der Waals surface area (Å²) in [4.78, 5) is 14.4. The number of carbonyl (C=O) groups is 1. The van der Waals surface area contributed by atoms with Crippen LogP contribution in [0.3, 0.4) is 0 Å². The van der Waals surface area contributed by atoms with E-state index in [0.717, 1.165) is 31.5 Å². The summed E-state index contributed by atoms with van der Waals surface area (Å²) in [5, 5.41) is 3.09. The molecule has 1 amide bonds. The number of anilines is 1. The number of amides is 1. The number of nitrogens with one attached hydrogen (secondary N) is 1. The number of rotatable bonds is 4. The molecule has 0 aliphatic carbocycles. The van der Waals surface area contributed by atoms with E-state index in [2.05, 4.69) is 22.3 Å². The van der Waals surface area contributed by atoms with Crippen molar-refractivity contribution >= 4 is 11.6 Å². The molecule has 1 heterocycles. The van der Waals surface area contributed by atoms with Crippen molar-refractivity contribution in [2.75, 3.05) is 18.0 Å². The Morgan fingerprint density at radius 3 is 2.35 bits per heavy atom. The van der Waals surface area contributed by atoms with Gasteiger partial charge in [-0.05, 0) is 42.7 Å². The average molecular weight is 312 g/mol. The molecule has 120 valence electrons. The van der Waals surface area contributed by atoms with Crippen LogP contribution < -0.4 is 10.2 Å². The molecule has 1 saturated heterocycles. The number of hydrogen-bond acceptors (Lipinski definition) is 2. The molecule has 0 saturated carbocycles. The number of benzene rings is 2. The number of hydrogen-bond donors (Lipinski definition) is 1. The highest BCUT2D eigenvalue weighted by molar-refractivity contribution is 5.78. The molecule has 0 radical (unpaired) electrons. The van der Waals surface area contributed by atoms with Gasteiger partial charge in [0.15, 0.2) is 0 Å². The lowest BCUT2D eigenvalue weighted by Gasteiger charge is -2.34. The highest BCUT2D eigenvalue weighted by Crippen LogP contribution is 2.19. The standard InChI is InChI=1S/C19H21FN2O/c20-16-8-6-15(7-9-16)14-19(23)21-17-10-12-22(13-11-17)18-4-2-1-3-5-18/h1-9,17H,10-14H2,(H,21,23). The molecule has 0 aromatic heterocycles. The molecule has 0 bridgehead atoms.